The van der Waals surface area contributed by atoms with Crippen LogP contribution in [0.1, 0.15) is 11.3 Å². The molecule has 0 amide bonds. The van der Waals surface area contributed by atoms with E-state index in [1.165, 1.54) is 32.6 Å². The van der Waals surface area contributed by atoms with Gasteiger partial charge in [-0.25, -0.2) is 9.97 Å². The SMILES string of the molecule is COc1cc(C)ccc1S(=O)(=O)N(C)N=Cc1cnc2ccc(-c3cccnc3F)cn12. The van der Waals surface area contributed by atoms with E-state index in [2.05, 4.69) is 15.1 Å². The average Bonchev–Trinajstić information content (AvgIpc) is 3.19. The number of ether oxygens (including phenoxy) is 1. The summed E-state index contributed by atoms with van der Waals surface area (Å²) in [6.07, 6.45) is 6.00. The number of nitrogens with zero attached hydrogens (tertiary/aromatic N) is 5. The maximum absolute atomic E-state index is 14.1. The van der Waals surface area contributed by atoms with E-state index in [4.69, 9.17) is 4.74 Å². The molecule has 8 nitrogen and oxygen atoms in total. The summed E-state index contributed by atoms with van der Waals surface area (Å²) in [7, 11) is -1.19. The third kappa shape index (κ3) is 3.92. The van der Waals surface area contributed by atoms with Crippen LogP contribution in [0.2, 0.25) is 0 Å². The Morgan fingerprint density at radius 1 is 1.19 bits per heavy atom. The standard InChI is InChI=1S/C22H20FN5O3S/c1-15-6-8-20(19(11-15)31-3)32(29,30)27(2)26-13-17-12-25-21-9-7-16(14-28(17)21)18-5-4-10-24-22(18)23/h4-14H,1-3H3. The van der Waals surface area contributed by atoms with E-state index in [0.717, 1.165) is 9.98 Å². The Hall–Kier alpha value is -3.79. The zero-order chi connectivity index (χ0) is 22.9. The Bertz CT molecular complexity index is 1430. The highest BCUT2D eigenvalue weighted by Gasteiger charge is 2.24. The summed E-state index contributed by atoms with van der Waals surface area (Å²) in [4.78, 5) is 7.98. The molecule has 0 aliphatic heterocycles. The molecule has 3 aromatic heterocycles. The molecule has 0 fully saturated rings. The van der Waals surface area contributed by atoms with Crippen LogP contribution in [0.3, 0.4) is 0 Å². The van der Waals surface area contributed by atoms with E-state index in [0.29, 0.717) is 22.5 Å². The van der Waals surface area contributed by atoms with Gasteiger partial charge in [0.15, 0.2) is 0 Å². The van der Waals surface area contributed by atoms with Gasteiger partial charge in [-0.05, 0) is 48.9 Å². The monoisotopic (exact) mass is 453 g/mol. The lowest BCUT2D eigenvalue weighted by molar-refractivity contribution is 0.398. The number of hydrogen-bond acceptors (Lipinski definition) is 6. The lowest BCUT2D eigenvalue weighted by Crippen LogP contribution is -2.22. The molecule has 0 unspecified atom stereocenters. The highest BCUT2D eigenvalue weighted by Crippen LogP contribution is 2.27. The van der Waals surface area contributed by atoms with Crippen molar-refractivity contribution in [2.45, 2.75) is 11.8 Å². The number of fused-ring (bicyclic) bond motifs is 1. The Labute approximate surface area is 184 Å². The zero-order valence-electron chi connectivity index (χ0n) is 17.6. The van der Waals surface area contributed by atoms with Crippen LogP contribution in [0, 0.1) is 12.9 Å². The van der Waals surface area contributed by atoms with Crippen LogP contribution in [0.5, 0.6) is 5.75 Å². The van der Waals surface area contributed by atoms with Crippen LogP contribution in [-0.2, 0) is 10.0 Å². The van der Waals surface area contributed by atoms with Gasteiger partial charge in [0.1, 0.15) is 16.3 Å². The summed E-state index contributed by atoms with van der Waals surface area (Å²) >= 11 is 0. The fourth-order valence-corrected chi connectivity index (χ4v) is 4.28. The van der Waals surface area contributed by atoms with Crippen LogP contribution >= 0.6 is 0 Å². The molecule has 32 heavy (non-hydrogen) atoms. The van der Waals surface area contributed by atoms with Crippen LogP contribution in [0.15, 0.2) is 71.1 Å². The number of hydrogen-bond donors (Lipinski definition) is 0. The topological polar surface area (TPSA) is 89.2 Å². The van der Waals surface area contributed by atoms with Gasteiger partial charge >= 0.3 is 0 Å². The van der Waals surface area contributed by atoms with Gasteiger partial charge in [0.25, 0.3) is 10.0 Å². The molecule has 0 aliphatic carbocycles. The Balaban J connectivity index is 1.68. The maximum Gasteiger partial charge on any atom is 0.282 e. The van der Waals surface area contributed by atoms with E-state index < -0.39 is 16.0 Å². The van der Waals surface area contributed by atoms with Gasteiger partial charge in [-0.15, -0.1) is 0 Å². The summed E-state index contributed by atoms with van der Waals surface area (Å²) in [5.41, 5.74) is 2.94. The van der Waals surface area contributed by atoms with Crippen LogP contribution in [0.4, 0.5) is 4.39 Å². The second-order valence-corrected chi connectivity index (χ2v) is 8.93. The van der Waals surface area contributed by atoms with Crippen molar-refractivity contribution >= 4 is 21.9 Å². The third-order valence-electron chi connectivity index (χ3n) is 4.90. The quantitative estimate of drug-likeness (QED) is 0.253. The highest BCUT2D eigenvalue weighted by molar-refractivity contribution is 7.89. The van der Waals surface area contributed by atoms with Crippen LogP contribution in [0.25, 0.3) is 16.8 Å². The minimum Gasteiger partial charge on any atom is -0.495 e. The molecule has 0 spiro atoms. The summed E-state index contributed by atoms with van der Waals surface area (Å²) in [6.45, 7) is 1.84. The van der Waals surface area contributed by atoms with E-state index in [9.17, 15) is 12.8 Å². The van der Waals surface area contributed by atoms with Crippen molar-refractivity contribution in [2.24, 2.45) is 5.10 Å². The Morgan fingerprint density at radius 2 is 2.00 bits per heavy atom. The molecular formula is C22H20FN5O3S. The summed E-state index contributed by atoms with van der Waals surface area (Å²) in [6, 6.07) is 11.6. The van der Waals surface area contributed by atoms with Crippen molar-refractivity contribution in [1.82, 2.24) is 18.8 Å². The van der Waals surface area contributed by atoms with Crippen molar-refractivity contribution < 1.29 is 17.5 Å². The smallest absolute Gasteiger partial charge is 0.282 e. The van der Waals surface area contributed by atoms with E-state index in [1.54, 1.807) is 53.2 Å². The molecule has 1 aromatic carbocycles. The number of rotatable bonds is 6. The van der Waals surface area contributed by atoms with Crippen LogP contribution < -0.4 is 4.74 Å². The van der Waals surface area contributed by atoms with Crippen molar-refractivity contribution in [2.75, 3.05) is 14.2 Å². The lowest BCUT2D eigenvalue weighted by atomic mass is 10.1. The molecule has 0 aliphatic rings. The predicted molar refractivity (Wildman–Crippen MR) is 119 cm³/mol. The molecule has 0 bridgehead atoms. The second-order valence-electron chi connectivity index (χ2n) is 7.01. The number of sulfonamides is 1. The summed E-state index contributed by atoms with van der Waals surface area (Å²) in [5.74, 6) is -0.343. The molecule has 0 atom stereocenters. The fraction of sp³-hybridized carbons (Fsp3) is 0.136. The zero-order valence-corrected chi connectivity index (χ0v) is 18.4. The van der Waals surface area contributed by atoms with Gasteiger partial charge in [0, 0.05) is 30.6 Å². The summed E-state index contributed by atoms with van der Waals surface area (Å²) < 4.78 is 47.8. The van der Waals surface area contributed by atoms with E-state index in [-0.39, 0.29) is 10.6 Å². The number of halogens is 1. The molecule has 3 heterocycles. The van der Waals surface area contributed by atoms with E-state index >= 15 is 0 Å². The fourth-order valence-electron chi connectivity index (χ4n) is 3.19. The number of benzene rings is 1. The molecule has 4 aromatic rings. The van der Waals surface area contributed by atoms with Gasteiger partial charge in [-0.1, -0.05) is 6.07 Å². The number of imidazole rings is 1. The van der Waals surface area contributed by atoms with Gasteiger partial charge in [-0.2, -0.15) is 22.3 Å². The predicted octanol–water partition coefficient (Wildman–Crippen LogP) is 3.51. The number of methoxy groups -OCH3 is 1. The molecule has 4 rings (SSSR count). The second kappa shape index (κ2) is 8.39. The molecular weight excluding hydrogens is 433 g/mol. The molecule has 164 valence electrons. The maximum atomic E-state index is 14.1. The first-order valence-corrected chi connectivity index (χ1v) is 11.0. The lowest BCUT2D eigenvalue weighted by Gasteiger charge is -2.16. The number of pyridine rings is 2. The third-order valence-corrected chi connectivity index (χ3v) is 6.58. The molecule has 0 saturated carbocycles. The minimum absolute atomic E-state index is 0.0118. The van der Waals surface area contributed by atoms with E-state index in [1.807, 2.05) is 6.92 Å². The molecule has 0 N–H and O–H groups in total. The largest absolute Gasteiger partial charge is 0.495 e. The Morgan fingerprint density at radius 3 is 2.75 bits per heavy atom. The molecule has 0 radical (unpaired) electrons. The van der Waals surface area contributed by atoms with Crippen molar-refractivity contribution in [3.8, 4) is 16.9 Å². The normalized spacial score (nSPS) is 11.9. The van der Waals surface area contributed by atoms with Crippen LogP contribution in [-0.4, -0.2) is 47.6 Å². The van der Waals surface area contributed by atoms with Crippen molar-refractivity contribution in [3.63, 3.8) is 0 Å². The first kappa shape index (κ1) is 21.4. The first-order chi connectivity index (χ1) is 15.3. The van der Waals surface area contributed by atoms with Gasteiger partial charge in [-0.3, -0.25) is 4.40 Å². The molecule has 0 saturated heterocycles. The highest BCUT2D eigenvalue weighted by atomic mass is 32.2. The van der Waals surface area contributed by atoms with Gasteiger partial charge in [0.2, 0.25) is 5.95 Å². The molecule has 10 heteroatoms. The number of aryl methyl sites for hydroxylation is 1. The number of aromatic nitrogens is 3. The number of hydrazone groups is 1. The minimum atomic E-state index is -3.94. The van der Waals surface area contributed by atoms with Gasteiger partial charge < -0.3 is 4.74 Å². The first-order valence-electron chi connectivity index (χ1n) is 9.57. The van der Waals surface area contributed by atoms with Crippen molar-refractivity contribution in [1.29, 1.82) is 0 Å². The average molecular weight is 453 g/mol. The summed E-state index contributed by atoms with van der Waals surface area (Å²) in [5, 5.41) is 4.10. The van der Waals surface area contributed by atoms with Gasteiger partial charge in [0.05, 0.1) is 25.2 Å². The Kier molecular flexibility index (Phi) is 5.62. The van der Waals surface area contributed by atoms with Crippen molar-refractivity contribution in [3.05, 3.63) is 78.3 Å².